The molecule has 0 spiro atoms. The number of hydrogen-bond donors (Lipinski definition) is 1. The van der Waals surface area contributed by atoms with Gasteiger partial charge in [-0.25, -0.2) is 0 Å². The first kappa shape index (κ1) is 20.6. The lowest BCUT2D eigenvalue weighted by molar-refractivity contribution is -0.150. The van der Waals surface area contributed by atoms with Gasteiger partial charge in [-0.2, -0.15) is 0 Å². The quantitative estimate of drug-likeness (QED) is 0.520. The first-order chi connectivity index (χ1) is 13.0. The summed E-state index contributed by atoms with van der Waals surface area (Å²) in [6.45, 7) is 4.07. The minimum Gasteiger partial charge on any atom is -0.497 e. The van der Waals surface area contributed by atoms with Gasteiger partial charge in [-0.1, -0.05) is 0 Å². The van der Waals surface area contributed by atoms with Crippen LogP contribution < -0.4 is 14.8 Å². The van der Waals surface area contributed by atoms with Crippen LogP contribution in [-0.4, -0.2) is 37.4 Å². The van der Waals surface area contributed by atoms with E-state index in [1.165, 1.54) is 18.7 Å². The predicted molar refractivity (Wildman–Crippen MR) is 106 cm³/mol. The standard InChI is InChI=1S/C20H23NO5S/c1-4-25-17-9-11-18(12-10-17)27-13-19(22)26-14(2)20(23)21-15-5-7-16(24-3)8-6-15/h5-12,14H,4,13H2,1-3H3,(H,21,23)/t14-/m1/s1. The van der Waals surface area contributed by atoms with E-state index in [4.69, 9.17) is 14.2 Å². The minimum atomic E-state index is -0.888. The fourth-order valence-corrected chi connectivity index (χ4v) is 2.83. The van der Waals surface area contributed by atoms with E-state index in [0.29, 0.717) is 18.0 Å². The van der Waals surface area contributed by atoms with Gasteiger partial charge in [0.2, 0.25) is 0 Å². The van der Waals surface area contributed by atoms with Crippen LogP contribution in [0, 0.1) is 0 Å². The van der Waals surface area contributed by atoms with Crippen LogP contribution in [0.4, 0.5) is 5.69 Å². The molecule has 0 aromatic heterocycles. The smallest absolute Gasteiger partial charge is 0.317 e. The number of nitrogens with one attached hydrogen (secondary N) is 1. The third kappa shape index (κ3) is 6.86. The van der Waals surface area contributed by atoms with E-state index in [-0.39, 0.29) is 11.7 Å². The summed E-state index contributed by atoms with van der Waals surface area (Å²) >= 11 is 1.34. The molecular formula is C20H23NO5S. The summed E-state index contributed by atoms with van der Waals surface area (Å²) in [5.74, 6) is 0.756. The second-order valence-corrected chi connectivity index (χ2v) is 6.59. The highest BCUT2D eigenvalue weighted by Crippen LogP contribution is 2.22. The Bertz CT molecular complexity index is 746. The van der Waals surface area contributed by atoms with Crippen molar-refractivity contribution in [3.05, 3.63) is 48.5 Å². The van der Waals surface area contributed by atoms with E-state index in [2.05, 4.69) is 5.32 Å². The van der Waals surface area contributed by atoms with Crippen LogP contribution in [0.5, 0.6) is 11.5 Å². The Labute approximate surface area is 163 Å². The van der Waals surface area contributed by atoms with Crippen molar-refractivity contribution in [2.24, 2.45) is 0 Å². The molecule has 2 rings (SSSR count). The number of carbonyl (C=O) groups is 2. The van der Waals surface area contributed by atoms with Gasteiger partial charge in [-0.05, 0) is 62.4 Å². The van der Waals surface area contributed by atoms with Crippen LogP contribution in [0.15, 0.2) is 53.4 Å². The molecule has 7 heteroatoms. The normalized spacial score (nSPS) is 11.4. The zero-order valence-corrected chi connectivity index (χ0v) is 16.4. The van der Waals surface area contributed by atoms with Crippen molar-refractivity contribution in [1.29, 1.82) is 0 Å². The highest BCUT2D eigenvalue weighted by molar-refractivity contribution is 8.00. The van der Waals surface area contributed by atoms with Crippen LogP contribution in [-0.2, 0) is 14.3 Å². The van der Waals surface area contributed by atoms with Gasteiger partial charge < -0.3 is 19.5 Å². The van der Waals surface area contributed by atoms with E-state index in [1.54, 1.807) is 31.4 Å². The molecule has 0 fully saturated rings. The van der Waals surface area contributed by atoms with Crippen LogP contribution in [0.25, 0.3) is 0 Å². The molecule has 1 atom stereocenters. The van der Waals surface area contributed by atoms with Crippen LogP contribution in [0.1, 0.15) is 13.8 Å². The summed E-state index contributed by atoms with van der Waals surface area (Å²) in [6, 6.07) is 14.4. The Morgan fingerprint density at radius 1 is 1.04 bits per heavy atom. The number of thioether (sulfide) groups is 1. The van der Waals surface area contributed by atoms with Crippen molar-refractivity contribution >= 4 is 29.3 Å². The molecule has 0 aliphatic carbocycles. The first-order valence-corrected chi connectivity index (χ1v) is 9.50. The third-order valence-corrected chi connectivity index (χ3v) is 4.51. The summed E-state index contributed by atoms with van der Waals surface area (Å²) in [5.41, 5.74) is 0.604. The summed E-state index contributed by atoms with van der Waals surface area (Å²) < 4.78 is 15.6. The largest absolute Gasteiger partial charge is 0.497 e. The molecule has 144 valence electrons. The molecule has 1 amide bonds. The fraction of sp³-hybridized carbons (Fsp3) is 0.300. The van der Waals surface area contributed by atoms with Gasteiger partial charge in [0.05, 0.1) is 19.5 Å². The van der Waals surface area contributed by atoms with Gasteiger partial charge >= 0.3 is 5.97 Å². The Hall–Kier alpha value is -2.67. The SMILES string of the molecule is CCOc1ccc(SCC(=O)O[C@H](C)C(=O)Nc2ccc(OC)cc2)cc1. The van der Waals surface area contributed by atoms with Crippen molar-refractivity contribution in [3.63, 3.8) is 0 Å². The zero-order chi connectivity index (χ0) is 19.6. The van der Waals surface area contributed by atoms with Crippen LogP contribution >= 0.6 is 11.8 Å². The van der Waals surface area contributed by atoms with Gasteiger partial charge in [0, 0.05) is 10.6 Å². The first-order valence-electron chi connectivity index (χ1n) is 8.52. The van der Waals surface area contributed by atoms with Crippen molar-refractivity contribution in [2.75, 3.05) is 24.8 Å². The molecule has 6 nitrogen and oxygen atoms in total. The Morgan fingerprint density at radius 3 is 2.26 bits per heavy atom. The van der Waals surface area contributed by atoms with E-state index in [1.807, 2.05) is 31.2 Å². The van der Waals surface area contributed by atoms with Crippen molar-refractivity contribution < 1.29 is 23.8 Å². The molecular weight excluding hydrogens is 366 g/mol. The van der Waals surface area contributed by atoms with Gasteiger partial charge in [0.15, 0.2) is 6.10 Å². The Balaban J connectivity index is 1.77. The Morgan fingerprint density at radius 2 is 1.67 bits per heavy atom. The molecule has 0 saturated heterocycles. The molecule has 27 heavy (non-hydrogen) atoms. The van der Waals surface area contributed by atoms with Crippen molar-refractivity contribution in [1.82, 2.24) is 0 Å². The molecule has 2 aromatic rings. The third-order valence-electron chi connectivity index (χ3n) is 3.53. The van der Waals surface area contributed by atoms with E-state index < -0.39 is 12.1 Å². The average molecular weight is 389 g/mol. The molecule has 0 unspecified atom stereocenters. The van der Waals surface area contributed by atoms with E-state index in [0.717, 1.165) is 10.6 Å². The number of amides is 1. The maximum atomic E-state index is 12.1. The lowest BCUT2D eigenvalue weighted by atomic mass is 10.3. The van der Waals surface area contributed by atoms with Crippen molar-refractivity contribution in [2.45, 2.75) is 24.8 Å². The highest BCUT2D eigenvalue weighted by atomic mass is 32.2. The number of esters is 1. The maximum Gasteiger partial charge on any atom is 0.317 e. The molecule has 1 N–H and O–H groups in total. The van der Waals surface area contributed by atoms with Crippen molar-refractivity contribution in [3.8, 4) is 11.5 Å². The average Bonchev–Trinajstić information content (AvgIpc) is 2.68. The molecule has 0 heterocycles. The topological polar surface area (TPSA) is 73.9 Å². The van der Waals surface area contributed by atoms with Gasteiger partial charge in [0.1, 0.15) is 11.5 Å². The Kier molecular flexibility index (Phi) is 8.00. The maximum absolute atomic E-state index is 12.1. The van der Waals surface area contributed by atoms with E-state index in [9.17, 15) is 9.59 Å². The predicted octanol–water partition coefficient (Wildman–Crippen LogP) is 3.76. The number of anilines is 1. The zero-order valence-electron chi connectivity index (χ0n) is 15.6. The molecule has 0 bridgehead atoms. The highest BCUT2D eigenvalue weighted by Gasteiger charge is 2.18. The number of carbonyl (C=O) groups excluding carboxylic acids is 2. The summed E-state index contributed by atoms with van der Waals surface area (Å²) in [5, 5.41) is 2.70. The minimum absolute atomic E-state index is 0.119. The fourth-order valence-electron chi connectivity index (χ4n) is 2.14. The molecule has 0 saturated carbocycles. The molecule has 0 aliphatic heterocycles. The summed E-state index contributed by atoms with van der Waals surface area (Å²) in [7, 11) is 1.57. The van der Waals surface area contributed by atoms with Gasteiger partial charge in [-0.15, -0.1) is 11.8 Å². The summed E-state index contributed by atoms with van der Waals surface area (Å²) in [4.78, 5) is 25.0. The summed E-state index contributed by atoms with van der Waals surface area (Å²) in [6.07, 6.45) is -0.888. The number of methoxy groups -OCH3 is 1. The monoisotopic (exact) mass is 389 g/mol. The van der Waals surface area contributed by atoms with Gasteiger partial charge in [-0.3, -0.25) is 9.59 Å². The number of hydrogen-bond acceptors (Lipinski definition) is 6. The number of ether oxygens (including phenoxy) is 3. The molecule has 0 aliphatic rings. The lowest BCUT2D eigenvalue weighted by Crippen LogP contribution is -2.30. The van der Waals surface area contributed by atoms with E-state index >= 15 is 0 Å². The van der Waals surface area contributed by atoms with Gasteiger partial charge in [0.25, 0.3) is 5.91 Å². The second-order valence-electron chi connectivity index (χ2n) is 5.54. The molecule has 2 aromatic carbocycles. The molecule has 0 radical (unpaired) electrons. The second kappa shape index (κ2) is 10.5. The van der Waals surface area contributed by atoms with Crippen LogP contribution in [0.2, 0.25) is 0 Å². The number of rotatable bonds is 9. The number of benzene rings is 2. The lowest BCUT2D eigenvalue weighted by Gasteiger charge is -2.13. The van der Waals surface area contributed by atoms with Crippen LogP contribution in [0.3, 0.4) is 0 Å².